The van der Waals surface area contributed by atoms with Crippen LogP contribution in [0.2, 0.25) is 0 Å². The lowest BCUT2D eigenvalue weighted by atomic mass is 10.0. The van der Waals surface area contributed by atoms with Crippen LogP contribution >= 0.6 is 0 Å². The number of carbonyl (C=O) groups is 1. The Bertz CT molecular complexity index is 511. The summed E-state index contributed by atoms with van der Waals surface area (Å²) in [5.74, 6) is 1.90. The van der Waals surface area contributed by atoms with Crippen molar-refractivity contribution >= 4 is 17.7 Å². The quantitative estimate of drug-likeness (QED) is 0.507. The number of carbonyl (C=O) groups excluding carboxylic acids is 1. The zero-order valence-electron chi connectivity index (χ0n) is 14.6. The molecule has 0 radical (unpaired) electrons. The minimum Gasteiger partial charge on any atom is -0.356 e. The number of anilines is 1. The third kappa shape index (κ3) is 7.63. The maximum Gasteiger partial charge on any atom is 0.227 e. The van der Waals surface area contributed by atoms with E-state index in [1.54, 1.807) is 13.1 Å². The third-order valence-electron chi connectivity index (χ3n) is 3.74. The van der Waals surface area contributed by atoms with Crippen molar-refractivity contribution in [2.45, 2.75) is 40.0 Å². The molecule has 128 valence electrons. The van der Waals surface area contributed by atoms with E-state index in [-0.39, 0.29) is 5.91 Å². The SMILES string of the molecule is CCC(CC)CNC(=NC)NCCC(=O)Nc1cccc(C)n1. The first kappa shape index (κ1) is 18.9. The number of rotatable bonds is 8. The third-order valence-corrected chi connectivity index (χ3v) is 3.74. The first-order valence-electron chi connectivity index (χ1n) is 8.27. The van der Waals surface area contributed by atoms with Crippen LogP contribution in [0.3, 0.4) is 0 Å². The van der Waals surface area contributed by atoms with Gasteiger partial charge < -0.3 is 16.0 Å². The van der Waals surface area contributed by atoms with Crippen LogP contribution < -0.4 is 16.0 Å². The standard InChI is InChI=1S/C17H29N5O/c1-5-14(6-2)12-20-17(18-4)19-11-10-16(23)22-15-9-7-8-13(3)21-15/h7-9,14H,5-6,10-12H2,1-4H3,(H2,18,19,20)(H,21,22,23). The van der Waals surface area contributed by atoms with Gasteiger partial charge in [0.25, 0.3) is 0 Å². The Morgan fingerprint density at radius 3 is 2.61 bits per heavy atom. The number of nitrogens with zero attached hydrogens (tertiary/aromatic N) is 2. The summed E-state index contributed by atoms with van der Waals surface area (Å²) in [4.78, 5) is 20.3. The van der Waals surface area contributed by atoms with Crippen LogP contribution in [0.15, 0.2) is 23.2 Å². The highest BCUT2D eigenvalue weighted by atomic mass is 16.1. The van der Waals surface area contributed by atoms with E-state index in [9.17, 15) is 4.79 Å². The van der Waals surface area contributed by atoms with E-state index >= 15 is 0 Å². The Morgan fingerprint density at radius 2 is 2.00 bits per heavy atom. The van der Waals surface area contributed by atoms with Crippen LogP contribution in [0, 0.1) is 12.8 Å². The van der Waals surface area contributed by atoms with Gasteiger partial charge in [-0.1, -0.05) is 32.8 Å². The van der Waals surface area contributed by atoms with Gasteiger partial charge in [-0.05, 0) is 25.0 Å². The summed E-state index contributed by atoms with van der Waals surface area (Å²) in [5.41, 5.74) is 0.881. The van der Waals surface area contributed by atoms with E-state index in [1.807, 2.05) is 19.1 Å². The van der Waals surface area contributed by atoms with Gasteiger partial charge in [-0.2, -0.15) is 0 Å². The predicted octanol–water partition coefficient (Wildman–Crippen LogP) is 2.32. The number of guanidine groups is 1. The molecular weight excluding hydrogens is 290 g/mol. The van der Waals surface area contributed by atoms with Crippen LogP contribution in [0.25, 0.3) is 0 Å². The first-order chi connectivity index (χ1) is 11.1. The van der Waals surface area contributed by atoms with Crippen molar-refractivity contribution in [2.75, 3.05) is 25.5 Å². The van der Waals surface area contributed by atoms with Crippen molar-refractivity contribution < 1.29 is 4.79 Å². The summed E-state index contributed by atoms with van der Waals surface area (Å²) in [6.45, 7) is 7.70. The number of hydrogen-bond acceptors (Lipinski definition) is 3. The molecule has 1 rings (SSSR count). The van der Waals surface area contributed by atoms with E-state index in [0.29, 0.717) is 24.7 Å². The van der Waals surface area contributed by atoms with Crippen LogP contribution in [0.1, 0.15) is 38.8 Å². The Labute approximate surface area is 139 Å². The van der Waals surface area contributed by atoms with Gasteiger partial charge in [-0.15, -0.1) is 0 Å². The second-order valence-corrected chi connectivity index (χ2v) is 5.52. The van der Waals surface area contributed by atoms with E-state index in [4.69, 9.17) is 0 Å². The molecule has 1 amide bonds. The Morgan fingerprint density at radius 1 is 1.26 bits per heavy atom. The normalized spacial score (nSPS) is 11.4. The van der Waals surface area contributed by atoms with Gasteiger partial charge in [0.2, 0.25) is 5.91 Å². The van der Waals surface area contributed by atoms with E-state index < -0.39 is 0 Å². The molecule has 1 heterocycles. The summed E-state index contributed by atoms with van der Waals surface area (Å²) in [6, 6.07) is 5.56. The second kappa shape index (κ2) is 10.6. The van der Waals surface area contributed by atoms with Crippen molar-refractivity contribution in [1.82, 2.24) is 15.6 Å². The Kier molecular flexibility index (Phi) is 8.72. The lowest BCUT2D eigenvalue weighted by Gasteiger charge is -2.16. The molecule has 0 fully saturated rings. The van der Waals surface area contributed by atoms with Gasteiger partial charge in [-0.25, -0.2) is 4.98 Å². The molecule has 0 bridgehead atoms. The van der Waals surface area contributed by atoms with Crippen molar-refractivity contribution in [3.63, 3.8) is 0 Å². The van der Waals surface area contributed by atoms with Crippen LogP contribution in [-0.4, -0.2) is 37.0 Å². The highest BCUT2D eigenvalue weighted by Crippen LogP contribution is 2.05. The van der Waals surface area contributed by atoms with Crippen molar-refractivity contribution in [2.24, 2.45) is 10.9 Å². The monoisotopic (exact) mass is 319 g/mol. The lowest BCUT2D eigenvalue weighted by Crippen LogP contribution is -2.40. The molecule has 1 aromatic rings. The van der Waals surface area contributed by atoms with E-state index in [0.717, 1.165) is 31.0 Å². The molecule has 23 heavy (non-hydrogen) atoms. The predicted molar refractivity (Wildman–Crippen MR) is 95.7 cm³/mol. The molecule has 0 aliphatic carbocycles. The number of aromatic nitrogens is 1. The Balaban J connectivity index is 2.29. The average Bonchev–Trinajstić information content (AvgIpc) is 2.54. The molecule has 0 aliphatic heterocycles. The molecule has 0 atom stereocenters. The average molecular weight is 319 g/mol. The number of amides is 1. The molecule has 0 saturated heterocycles. The molecule has 1 aromatic heterocycles. The maximum atomic E-state index is 11.9. The lowest BCUT2D eigenvalue weighted by molar-refractivity contribution is -0.116. The van der Waals surface area contributed by atoms with E-state index in [1.165, 1.54) is 0 Å². The highest BCUT2D eigenvalue weighted by molar-refractivity contribution is 5.90. The van der Waals surface area contributed by atoms with Gasteiger partial charge in [0.1, 0.15) is 5.82 Å². The van der Waals surface area contributed by atoms with Gasteiger partial charge in [0, 0.05) is 32.3 Å². The van der Waals surface area contributed by atoms with Gasteiger partial charge in [0.05, 0.1) is 0 Å². The van der Waals surface area contributed by atoms with Crippen LogP contribution in [0.4, 0.5) is 5.82 Å². The minimum atomic E-state index is -0.0638. The summed E-state index contributed by atoms with van der Waals surface area (Å²) in [7, 11) is 1.74. The molecule has 3 N–H and O–H groups in total. The topological polar surface area (TPSA) is 78.4 Å². The highest BCUT2D eigenvalue weighted by Gasteiger charge is 2.06. The fourth-order valence-corrected chi connectivity index (χ4v) is 2.15. The number of aryl methyl sites for hydroxylation is 1. The molecule has 6 heteroatoms. The fraction of sp³-hybridized carbons (Fsp3) is 0.588. The first-order valence-corrected chi connectivity index (χ1v) is 8.27. The number of pyridine rings is 1. The number of aliphatic imine (C=N–C) groups is 1. The molecule has 0 saturated carbocycles. The maximum absolute atomic E-state index is 11.9. The molecule has 6 nitrogen and oxygen atoms in total. The molecule has 0 aromatic carbocycles. The molecule has 0 unspecified atom stereocenters. The summed E-state index contributed by atoms with van der Waals surface area (Å²) >= 11 is 0. The molecular formula is C17H29N5O. The Hall–Kier alpha value is -2.11. The zero-order chi connectivity index (χ0) is 17.1. The molecule has 0 aliphatic rings. The summed E-state index contributed by atoms with van der Waals surface area (Å²) in [6.07, 6.45) is 2.65. The number of hydrogen-bond donors (Lipinski definition) is 3. The zero-order valence-corrected chi connectivity index (χ0v) is 14.6. The van der Waals surface area contributed by atoms with Crippen molar-refractivity contribution in [3.8, 4) is 0 Å². The fourth-order valence-electron chi connectivity index (χ4n) is 2.15. The largest absolute Gasteiger partial charge is 0.356 e. The van der Waals surface area contributed by atoms with Gasteiger partial charge in [-0.3, -0.25) is 9.79 Å². The van der Waals surface area contributed by atoms with Crippen molar-refractivity contribution in [1.29, 1.82) is 0 Å². The second-order valence-electron chi connectivity index (χ2n) is 5.52. The van der Waals surface area contributed by atoms with Gasteiger partial charge in [0.15, 0.2) is 5.96 Å². The minimum absolute atomic E-state index is 0.0638. The van der Waals surface area contributed by atoms with Crippen molar-refractivity contribution in [3.05, 3.63) is 23.9 Å². The summed E-state index contributed by atoms with van der Waals surface area (Å²) < 4.78 is 0. The smallest absolute Gasteiger partial charge is 0.227 e. The van der Waals surface area contributed by atoms with Crippen LogP contribution in [0.5, 0.6) is 0 Å². The van der Waals surface area contributed by atoms with E-state index in [2.05, 4.69) is 39.8 Å². The summed E-state index contributed by atoms with van der Waals surface area (Å²) in [5, 5.41) is 9.25. The number of nitrogens with one attached hydrogen (secondary N) is 3. The molecule has 0 spiro atoms. The van der Waals surface area contributed by atoms with Gasteiger partial charge >= 0.3 is 0 Å². The van der Waals surface area contributed by atoms with Crippen LogP contribution in [-0.2, 0) is 4.79 Å².